The lowest BCUT2D eigenvalue weighted by atomic mass is 9.82. The molecule has 2 atom stereocenters. The van der Waals surface area contributed by atoms with E-state index in [-0.39, 0.29) is 12.1 Å². The van der Waals surface area contributed by atoms with Crippen molar-refractivity contribution in [3.05, 3.63) is 47.1 Å². The summed E-state index contributed by atoms with van der Waals surface area (Å²) >= 11 is 6.54. The third kappa shape index (κ3) is 5.20. The molecule has 0 N–H and O–H groups in total. The van der Waals surface area contributed by atoms with Crippen molar-refractivity contribution in [1.29, 1.82) is 0 Å². The summed E-state index contributed by atoms with van der Waals surface area (Å²) in [6, 6.07) is 12.7. The molecule has 2 saturated carbocycles. The van der Waals surface area contributed by atoms with Crippen LogP contribution in [0.5, 0.6) is 5.88 Å². The summed E-state index contributed by atoms with van der Waals surface area (Å²) in [4.78, 5) is 12.4. The first-order chi connectivity index (χ1) is 18.1. The van der Waals surface area contributed by atoms with Crippen LogP contribution < -0.4 is 9.64 Å². The molecule has 198 valence electrons. The van der Waals surface area contributed by atoms with Crippen LogP contribution in [0, 0.1) is 17.8 Å². The minimum Gasteiger partial charge on any atom is -0.473 e. The van der Waals surface area contributed by atoms with Gasteiger partial charge in [0.15, 0.2) is 0 Å². The summed E-state index contributed by atoms with van der Waals surface area (Å²) in [6.45, 7) is 7.61. The Labute approximate surface area is 225 Å². The van der Waals surface area contributed by atoms with Crippen LogP contribution in [0.3, 0.4) is 0 Å². The molecular formula is C30H39ClN4O2. The number of hydrogen-bond donors (Lipinski definition) is 0. The van der Waals surface area contributed by atoms with E-state index in [2.05, 4.69) is 53.6 Å². The lowest BCUT2D eigenvalue weighted by Crippen LogP contribution is -2.41. The largest absolute Gasteiger partial charge is 0.473 e. The molecule has 0 spiro atoms. The topological polar surface area (TPSA) is 52.4 Å². The average molecular weight is 523 g/mol. The van der Waals surface area contributed by atoms with Crippen LogP contribution in [0.4, 0.5) is 5.95 Å². The number of rotatable bonds is 7. The van der Waals surface area contributed by atoms with Crippen LogP contribution >= 0.6 is 11.6 Å². The van der Waals surface area contributed by atoms with E-state index in [1.807, 2.05) is 6.07 Å². The van der Waals surface area contributed by atoms with Gasteiger partial charge < -0.3 is 18.9 Å². The molecule has 0 bridgehead atoms. The van der Waals surface area contributed by atoms with Gasteiger partial charge in [-0.15, -0.1) is 0 Å². The molecule has 7 heteroatoms. The van der Waals surface area contributed by atoms with Crippen LogP contribution in [0.25, 0.3) is 11.0 Å². The summed E-state index contributed by atoms with van der Waals surface area (Å²) in [5, 5.41) is 0.438. The second-order valence-electron chi connectivity index (χ2n) is 11.5. The van der Waals surface area contributed by atoms with Crippen molar-refractivity contribution >= 4 is 28.6 Å². The van der Waals surface area contributed by atoms with E-state index >= 15 is 0 Å². The SMILES string of the molecule is CC1CCC(Cn2c(N3CCOC[C@H]3c3ccccc3)nc3cc(Cl)nc(OC(C)C4CCC4)c32)CC1. The van der Waals surface area contributed by atoms with E-state index in [0.29, 0.717) is 36.1 Å². The lowest BCUT2D eigenvalue weighted by molar-refractivity contribution is 0.0925. The minimum absolute atomic E-state index is 0.110. The van der Waals surface area contributed by atoms with Crippen molar-refractivity contribution in [1.82, 2.24) is 14.5 Å². The first kappa shape index (κ1) is 25.0. The Hall–Kier alpha value is -2.31. The molecule has 2 aliphatic carbocycles. The molecule has 3 aliphatic rings. The fourth-order valence-corrected chi connectivity index (χ4v) is 6.48. The zero-order valence-electron chi connectivity index (χ0n) is 22.1. The van der Waals surface area contributed by atoms with E-state index in [4.69, 9.17) is 31.0 Å². The summed E-state index contributed by atoms with van der Waals surface area (Å²) in [5.41, 5.74) is 3.11. The fourth-order valence-electron chi connectivity index (χ4n) is 6.30. The Bertz CT molecular complexity index is 1200. The Morgan fingerprint density at radius 1 is 1.08 bits per heavy atom. The highest BCUT2D eigenvalue weighted by Gasteiger charge is 2.33. The maximum atomic E-state index is 6.57. The van der Waals surface area contributed by atoms with Gasteiger partial charge in [-0.25, -0.2) is 4.98 Å². The molecule has 3 fully saturated rings. The first-order valence-corrected chi connectivity index (χ1v) is 14.6. The monoisotopic (exact) mass is 522 g/mol. The smallest absolute Gasteiger partial charge is 0.242 e. The fraction of sp³-hybridized carbons (Fsp3) is 0.600. The molecule has 6 nitrogen and oxygen atoms in total. The normalized spacial score (nSPS) is 25.7. The maximum Gasteiger partial charge on any atom is 0.242 e. The standard InChI is InChI=1S/C30H39ClN4O2/c1-20-11-13-22(14-12-20)18-35-28-25(17-27(31)33-29(28)37-21(2)23-9-6-10-23)32-30(35)34-15-16-36-19-26(34)24-7-4-3-5-8-24/h3-5,7-8,17,20-23,26H,6,9-16,18-19H2,1-2H3/t20?,21?,22?,26-/m0/s1. The molecule has 0 radical (unpaired) electrons. The van der Waals surface area contributed by atoms with Crippen molar-refractivity contribution < 1.29 is 9.47 Å². The average Bonchev–Trinajstić information content (AvgIpc) is 3.22. The Balaban J connectivity index is 1.44. The van der Waals surface area contributed by atoms with Gasteiger partial charge in [0.1, 0.15) is 16.8 Å². The highest BCUT2D eigenvalue weighted by molar-refractivity contribution is 6.30. The summed E-state index contributed by atoms with van der Waals surface area (Å²) in [6.07, 6.45) is 8.95. The lowest BCUT2D eigenvalue weighted by Gasteiger charge is -2.37. The van der Waals surface area contributed by atoms with Gasteiger partial charge in [-0.05, 0) is 55.9 Å². The van der Waals surface area contributed by atoms with Crippen LogP contribution in [0.15, 0.2) is 36.4 Å². The number of nitrogens with zero attached hydrogens (tertiary/aromatic N) is 4. The quantitative estimate of drug-likeness (QED) is 0.311. The Morgan fingerprint density at radius 2 is 1.86 bits per heavy atom. The van der Waals surface area contributed by atoms with Gasteiger partial charge in [-0.2, -0.15) is 4.98 Å². The highest BCUT2D eigenvalue weighted by Crippen LogP contribution is 2.39. The van der Waals surface area contributed by atoms with Gasteiger partial charge in [-0.3, -0.25) is 0 Å². The Kier molecular flexibility index (Phi) is 7.31. The second-order valence-corrected chi connectivity index (χ2v) is 11.9. The van der Waals surface area contributed by atoms with Crippen LogP contribution in [-0.2, 0) is 11.3 Å². The molecule has 6 rings (SSSR count). The molecule has 2 aromatic heterocycles. The van der Waals surface area contributed by atoms with Gasteiger partial charge in [0.25, 0.3) is 0 Å². The molecule has 3 heterocycles. The van der Waals surface area contributed by atoms with Crippen LogP contribution in [0.1, 0.15) is 70.4 Å². The first-order valence-electron chi connectivity index (χ1n) is 14.2. The summed E-state index contributed by atoms with van der Waals surface area (Å²) < 4.78 is 14.9. The zero-order valence-corrected chi connectivity index (χ0v) is 22.9. The molecule has 1 unspecified atom stereocenters. The maximum absolute atomic E-state index is 6.57. The number of ether oxygens (including phenoxy) is 2. The molecule has 1 aromatic carbocycles. The van der Waals surface area contributed by atoms with Crippen LogP contribution in [-0.4, -0.2) is 40.4 Å². The summed E-state index contributed by atoms with van der Waals surface area (Å²) in [5.74, 6) is 3.65. The number of fused-ring (bicyclic) bond motifs is 1. The van der Waals surface area contributed by atoms with Gasteiger partial charge in [0.05, 0.1) is 24.8 Å². The third-order valence-electron chi connectivity index (χ3n) is 8.90. The second kappa shape index (κ2) is 10.8. The van der Waals surface area contributed by atoms with Crippen LogP contribution in [0.2, 0.25) is 5.15 Å². The van der Waals surface area contributed by atoms with Gasteiger partial charge in [0, 0.05) is 19.2 Å². The molecule has 1 saturated heterocycles. The molecule has 0 amide bonds. The van der Waals surface area contributed by atoms with Crippen molar-refractivity contribution in [2.45, 2.75) is 77.5 Å². The Morgan fingerprint density at radius 3 is 2.59 bits per heavy atom. The van der Waals surface area contributed by atoms with E-state index in [0.717, 1.165) is 36.0 Å². The third-order valence-corrected chi connectivity index (χ3v) is 9.09. The number of morpholine rings is 1. The van der Waals surface area contributed by atoms with Crippen molar-refractivity contribution in [3.63, 3.8) is 0 Å². The van der Waals surface area contributed by atoms with Crippen molar-refractivity contribution in [2.24, 2.45) is 17.8 Å². The number of halogens is 1. The minimum atomic E-state index is 0.110. The van der Waals surface area contributed by atoms with Crippen molar-refractivity contribution in [3.8, 4) is 5.88 Å². The molecule has 3 aromatic rings. The van der Waals surface area contributed by atoms with Crippen molar-refractivity contribution in [2.75, 3.05) is 24.7 Å². The highest BCUT2D eigenvalue weighted by atomic mass is 35.5. The number of benzene rings is 1. The van der Waals surface area contributed by atoms with E-state index < -0.39 is 0 Å². The zero-order chi connectivity index (χ0) is 25.4. The molecule has 37 heavy (non-hydrogen) atoms. The van der Waals surface area contributed by atoms with Gasteiger partial charge in [0.2, 0.25) is 11.8 Å². The van der Waals surface area contributed by atoms with E-state index in [1.165, 1.54) is 50.5 Å². The van der Waals surface area contributed by atoms with E-state index in [9.17, 15) is 0 Å². The molecule has 1 aliphatic heterocycles. The molecular weight excluding hydrogens is 484 g/mol. The summed E-state index contributed by atoms with van der Waals surface area (Å²) in [7, 11) is 0. The predicted octanol–water partition coefficient (Wildman–Crippen LogP) is 7.06. The number of aromatic nitrogens is 3. The number of imidazole rings is 1. The number of hydrogen-bond acceptors (Lipinski definition) is 5. The number of pyridine rings is 1. The van der Waals surface area contributed by atoms with Gasteiger partial charge >= 0.3 is 0 Å². The van der Waals surface area contributed by atoms with E-state index in [1.54, 1.807) is 0 Å². The number of anilines is 1. The van der Waals surface area contributed by atoms with Gasteiger partial charge in [-0.1, -0.05) is 68.1 Å². The predicted molar refractivity (Wildman–Crippen MR) is 148 cm³/mol.